The largest absolute Gasteiger partial charge is 0.311 e. The molecule has 0 unspecified atom stereocenters. The summed E-state index contributed by atoms with van der Waals surface area (Å²) < 4.78 is 4.76. The minimum atomic E-state index is 1.11. The summed E-state index contributed by atoms with van der Waals surface area (Å²) in [6.07, 6.45) is 0. The first-order chi connectivity index (χ1) is 25.3. The summed E-state index contributed by atoms with van der Waals surface area (Å²) in [6, 6.07) is 72.0. The van der Waals surface area contributed by atoms with Crippen molar-refractivity contribution in [1.29, 1.82) is 0 Å². The zero-order chi connectivity index (χ0) is 33.7. The van der Waals surface area contributed by atoms with Crippen LogP contribution < -0.4 is 4.90 Å². The van der Waals surface area contributed by atoms with E-state index in [9.17, 15) is 0 Å². The lowest BCUT2D eigenvalue weighted by Gasteiger charge is -2.25. The number of aromatic nitrogens is 2. The maximum atomic E-state index is 2.39. The van der Waals surface area contributed by atoms with Crippen LogP contribution in [0.15, 0.2) is 200 Å². The Bertz CT molecular complexity index is 2790. The van der Waals surface area contributed by atoms with E-state index in [4.69, 9.17) is 0 Å². The quantitative estimate of drug-likeness (QED) is 0.174. The third kappa shape index (κ3) is 4.82. The first-order valence-corrected chi connectivity index (χ1v) is 17.4. The molecular formula is C48H33N3. The highest BCUT2D eigenvalue weighted by molar-refractivity contribution is 6.12. The molecule has 0 saturated heterocycles. The molecule has 0 N–H and O–H groups in total. The number of benzene rings is 8. The molecule has 0 fully saturated rings. The van der Waals surface area contributed by atoms with E-state index >= 15 is 0 Å². The van der Waals surface area contributed by atoms with Crippen LogP contribution >= 0.6 is 0 Å². The van der Waals surface area contributed by atoms with E-state index in [0.717, 1.165) is 22.7 Å². The molecule has 240 valence electrons. The van der Waals surface area contributed by atoms with Crippen molar-refractivity contribution < 1.29 is 0 Å². The lowest BCUT2D eigenvalue weighted by molar-refractivity contribution is 1.17. The molecule has 51 heavy (non-hydrogen) atoms. The Labute approximate surface area is 296 Å². The van der Waals surface area contributed by atoms with Crippen molar-refractivity contribution in [3.05, 3.63) is 200 Å². The van der Waals surface area contributed by atoms with Crippen LogP contribution in [-0.2, 0) is 0 Å². The van der Waals surface area contributed by atoms with Gasteiger partial charge in [-0.3, -0.25) is 0 Å². The molecule has 0 radical (unpaired) electrons. The average molecular weight is 652 g/mol. The van der Waals surface area contributed by atoms with Crippen LogP contribution in [0.2, 0.25) is 0 Å². The Kier molecular flexibility index (Phi) is 6.81. The number of rotatable bonds is 6. The Morgan fingerprint density at radius 2 is 0.647 bits per heavy atom. The van der Waals surface area contributed by atoms with Gasteiger partial charge in [-0.25, -0.2) is 0 Å². The highest BCUT2D eigenvalue weighted by Crippen LogP contribution is 2.39. The predicted octanol–water partition coefficient (Wildman–Crippen LogP) is 13.0. The zero-order valence-electron chi connectivity index (χ0n) is 27.9. The SMILES string of the molecule is c1ccc(N(c2ccccc2)c2ccc(-n3c4ccccc4c4cc(-c5ccc6c(c5)c5ccccc5n6-c5ccccc5)ccc43)cc2)cc1. The first-order valence-electron chi connectivity index (χ1n) is 17.4. The van der Waals surface area contributed by atoms with Gasteiger partial charge in [0.1, 0.15) is 0 Å². The number of hydrogen-bond donors (Lipinski definition) is 0. The fourth-order valence-corrected chi connectivity index (χ4v) is 7.79. The fourth-order valence-electron chi connectivity index (χ4n) is 7.79. The second kappa shape index (κ2) is 11.9. The van der Waals surface area contributed by atoms with E-state index in [2.05, 4.69) is 214 Å². The normalized spacial score (nSPS) is 11.5. The van der Waals surface area contributed by atoms with E-state index in [1.165, 1.54) is 60.4 Å². The van der Waals surface area contributed by atoms with Crippen LogP contribution in [0.3, 0.4) is 0 Å². The number of hydrogen-bond acceptors (Lipinski definition) is 1. The predicted molar refractivity (Wildman–Crippen MR) is 215 cm³/mol. The van der Waals surface area contributed by atoms with E-state index in [0.29, 0.717) is 0 Å². The van der Waals surface area contributed by atoms with Gasteiger partial charge in [-0.1, -0.05) is 103 Å². The molecule has 2 aromatic heterocycles. The molecule has 10 aromatic rings. The van der Waals surface area contributed by atoms with Gasteiger partial charge in [-0.2, -0.15) is 0 Å². The summed E-state index contributed by atoms with van der Waals surface area (Å²) in [5.74, 6) is 0. The summed E-state index contributed by atoms with van der Waals surface area (Å²) >= 11 is 0. The third-order valence-corrected chi connectivity index (χ3v) is 10.1. The molecule has 3 nitrogen and oxygen atoms in total. The van der Waals surface area contributed by atoms with Gasteiger partial charge in [-0.05, 0) is 108 Å². The zero-order valence-corrected chi connectivity index (χ0v) is 27.9. The standard InChI is InChI=1S/C48H33N3/c1-4-14-36(15-5-1)49(37-16-6-2-7-17-37)39-26-28-40(29-27-39)51-46-23-13-11-21-42(46)44-33-35(25-31-48(44)51)34-24-30-47-43(32-34)41-20-10-12-22-45(41)50(47)38-18-8-3-9-19-38/h1-33H. The second-order valence-electron chi connectivity index (χ2n) is 13.0. The van der Waals surface area contributed by atoms with Gasteiger partial charge < -0.3 is 14.0 Å². The van der Waals surface area contributed by atoms with Gasteiger partial charge in [0.05, 0.1) is 22.1 Å². The summed E-state index contributed by atoms with van der Waals surface area (Å²) in [4.78, 5) is 2.30. The Hall–Kier alpha value is -6.84. The van der Waals surface area contributed by atoms with E-state index in [-0.39, 0.29) is 0 Å². The van der Waals surface area contributed by atoms with Crippen molar-refractivity contribution in [3.8, 4) is 22.5 Å². The van der Waals surface area contributed by atoms with Gasteiger partial charge in [-0.15, -0.1) is 0 Å². The monoisotopic (exact) mass is 651 g/mol. The molecule has 0 aliphatic heterocycles. The molecule has 0 atom stereocenters. The molecular weight excluding hydrogens is 619 g/mol. The van der Waals surface area contributed by atoms with Gasteiger partial charge in [0.2, 0.25) is 0 Å². The Morgan fingerprint density at radius 1 is 0.275 bits per heavy atom. The summed E-state index contributed by atoms with van der Waals surface area (Å²) in [5, 5.41) is 5.01. The van der Waals surface area contributed by atoms with Crippen LogP contribution in [0.4, 0.5) is 17.1 Å². The summed E-state index contributed by atoms with van der Waals surface area (Å²) in [5.41, 5.74) is 12.9. The molecule has 0 aliphatic rings. The lowest BCUT2D eigenvalue weighted by Crippen LogP contribution is -2.09. The lowest BCUT2D eigenvalue weighted by atomic mass is 10.0. The molecule has 2 heterocycles. The van der Waals surface area contributed by atoms with Crippen LogP contribution in [-0.4, -0.2) is 9.13 Å². The molecule has 3 heteroatoms. The van der Waals surface area contributed by atoms with Crippen molar-refractivity contribution >= 4 is 60.7 Å². The molecule has 10 rings (SSSR count). The highest BCUT2D eigenvalue weighted by atomic mass is 15.1. The number of nitrogens with zero attached hydrogens (tertiary/aromatic N) is 3. The molecule has 8 aromatic carbocycles. The van der Waals surface area contributed by atoms with Crippen LogP contribution in [0.5, 0.6) is 0 Å². The molecule has 0 aliphatic carbocycles. The number of fused-ring (bicyclic) bond motifs is 6. The number of anilines is 3. The van der Waals surface area contributed by atoms with Crippen molar-refractivity contribution in [1.82, 2.24) is 9.13 Å². The van der Waals surface area contributed by atoms with Crippen LogP contribution in [0, 0.1) is 0 Å². The molecule has 0 amide bonds. The van der Waals surface area contributed by atoms with Crippen molar-refractivity contribution in [2.24, 2.45) is 0 Å². The molecule has 0 spiro atoms. The first kappa shape index (κ1) is 29.1. The maximum absolute atomic E-state index is 2.39. The van der Waals surface area contributed by atoms with Gasteiger partial charge in [0.25, 0.3) is 0 Å². The van der Waals surface area contributed by atoms with Crippen LogP contribution in [0.1, 0.15) is 0 Å². The van der Waals surface area contributed by atoms with Crippen molar-refractivity contribution in [2.45, 2.75) is 0 Å². The second-order valence-corrected chi connectivity index (χ2v) is 13.0. The van der Waals surface area contributed by atoms with Crippen LogP contribution in [0.25, 0.3) is 66.1 Å². The van der Waals surface area contributed by atoms with Gasteiger partial charge >= 0.3 is 0 Å². The summed E-state index contributed by atoms with van der Waals surface area (Å²) in [7, 11) is 0. The van der Waals surface area contributed by atoms with Crippen molar-refractivity contribution in [3.63, 3.8) is 0 Å². The third-order valence-electron chi connectivity index (χ3n) is 10.1. The van der Waals surface area contributed by atoms with E-state index < -0.39 is 0 Å². The highest BCUT2D eigenvalue weighted by Gasteiger charge is 2.17. The fraction of sp³-hybridized carbons (Fsp3) is 0. The van der Waals surface area contributed by atoms with E-state index in [1.54, 1.807) is 0 Å². The summed E-state index contributed by atoms with van der Waals surface area (Å²) in [6.45, 7) is 0. The topological polar surface area (TPSA) is 13.1 Å². The number of para-hydroxylation sites is 5. The molecule has 0 bridgehead atoms. The maximum Gasteiger partial charge on any atom is 0.0541 e. The van der Waals surface area contributed by atoms with Gasteiger partial charge in [0, 0.05) is 50.0 Å². The average Bonchev–Trinajstić information content (AvgIpc) is 3.72. The Morgan fingerprint density at radius 3 is 1.14 bits per heavy atom. The minimum absolute atomic E-state index is 1.11. The van der Waals surface area contributed by atoms with Gasteiger partial charge in [0.15, 0.2) is 0 Å². The van der Waals surface area contributed by atoms with Crippen molar-refractivity contribution in [2.75, 3.05) is 4.90 Å². The molecule has 0 saturated carbocycles. The van der Waals surface area contributed by atoms with E-state index in [1.807, 2.05) is 0 Å². The Balaban J connectivity index is 1.09. The minimum Gasteiger partial charge on any atom is -0.311 e. The smallest absolute Gasteiger partial charge is 0.0541 e.